The summed E-state index contributed by atoms with van der Waals surface area (Å²) >= 11 is 0. The van der Waals surface area contributed by atoms with E-state index in [0.29, 0.717) is 12.1 Å². The van der Waals surface area contributed by atoms with E-state index in [-0.39, 0.29) is 23.8 Å². The predicted octanol–water partition coefficient (Wildman–Crippen LogP) is 5.40. The fraction of sp³-hybridized carbons (Fsp3) is 0.417. The number of quaternary nitrogens is 1. The van der Waals surface area contributed by atoms with Gasteiger partial charge in [0.25, 0.3) is 0 Å². The highest BCUT2D eigenvalue weighted by molar-refractivity contribution is 5.30. The van der Waals surface area contributed by atoms with Gasteiger partial charge in [0.05, 0.1) is 31.8 Å². The molecule has 2 unspecified atom stereocenters. The van der Waals surface area contributed by atoms with Crippen molar-refractivity contribution in [2.24, 2.45) is 0 Å². The largest absolute Gasteiger partial charge is 0.365 e. The van der Waals surface area contributed by atoms with Gasteiger partial charge in [-0.15, -0.1) is 0 Å². The molecule has 0 spiro atoms. The molecule has 0 saturated carbocycles. The normalized spacial score (nSPS) is 29.2. The molecule has 2 heterocycles. The van der Waals surface area contributed by atoms with E-state index in [4.69, 9.17) is 4.74 Å². The monoisotopic (exact) mass is 384 g/mol. The summed E-state index contributed by atoms with van der Waals surface area (Å²) in [6.45, 7) is 4.95. The molecule has 2 bridgehead atoms. The van der Waals surface area contributed by atoms with Gasteiger partial charge in [0.15, 0.2) is 0 Å². The highest BCUT2D eigenvalue weighted by Gasteiger charge is 2.51. The van der Waals surface area contributed by atoms with E-state index < -0.39 is 0 Å². The first kappa shape index (κ1) is 19.3. The number of piperidine rings is 1. The third-order valence-electron chi connectivity index (χ3n) is 6.77. The van der Waals surface area contributed by atoms with Crippen LogP contribution in [0, 0.1) is 11.6 Å². The minimum absolute atomic E-state index is 0.147. The summed E-state index contributed by atoms with van der Waals surface area (Å²) in [6, 6.07) is 14.0. The van der Waals surface area contributed by atoms with E-state index in [1.54, 1.807) is 24.3 Å². The van der Waals surface area contributed by atoms with E-state index in [0.717, 1.165) is 35.0 Å². The van der Waals surface area contributed by atoms with Gasteiger partial charge in [0.2, 0.25) is 0 Å². The maximum Gasteiger partial charge on any atom is 0.123 e. The number of halogens is 2. The van der Waals surface area contributed by atoms with E-state index in [1.807, 2.05) is 6.08 Å². The number of hydrogen-bond acceptors (Lipinski definition) is 1. The molecule has 2 fully saturated rings. The van der Waals surface area contributed by atoms with Crippen LogP contribution < -0.4 is 0 Å². The van der Waals surface area contributed by atoms with Crippen molar-refractivity contribution in [1.29, 1.82) is 0 Å². The van der Waals surface area contributed by atoms with Crippen LogP contribution in [0.1, 0.15) is 42.9 Å². The fourth-order valence-corrected chi connectivity index (χ4v) is 5.20. The molecular weight excluding hydrogens is 356 g/mol. The van der Waals surface area contributed by atoms with E-state index in [1.165, 1.54) is 37.1 Å². The Morgan fingerprint density at radius 3 is 1.86 bits per heavy atom. The zero-order valence-corrected chi connectivity index (χ0v) is 16.4. The van der Waals surface area contributed by atoms with Crippen molar-refractivity contribution >= 4 is 0 Å². The Balaban J connectivity index is 1.58. The molecule has 28 heavy (non-hydrogen) atoms. The third kappa shape index (κ3) is 3.63. The second-order valence-corrected chi connectivity index (χ2v) is 8.42. The van der Waals surface area contributed by atoms with Gasteiger partial charge in [0.1, 0.15) is 17.7 Å². The lowest BCUT2D eigenvalue weighted by atomic mass is 9.95. The lowest BCUT2D eigenvalue weighted by Crippen LogP contribution is -2.58. The lowest BCUT2D eigenvalue weighted by Gasteiger charge is -2.47. The van der Waals surface area contributed by atoms with Gasteiger partial charge < -0.3 is 9.22 Å². The second-order valence-electron chi connectivity index (χ2n) is 8.42. The van der Waals surface area contributed by atoms with Crippen LogP contribution in [0.3, 0.4) is 0 Å². The Labute approximate surface area is 166 Å². The van der Waals surface area contributed by atoms with Crippen LogP contribution in [0.25, 0.3) is 0 Å². The maximum atomic E-state index is 13.4. The topological polar surface area (TPSA) is 9.23 Å². The Hall–Kier alpha value is -2.04. The summed E-state index contributed by atoms with van der Waals surface area (Å²) in [7, 11) is 2.34. The van der Waals surface area contributed by atoms with Crippen LogP contribution in [0.2, 0.25) is 0 Å². The molecule has 4 heteroatoms. The summed E-state index contributed by atoms with van der Waals surface area (Å²) in [5.74, 6) is -0.537. The van der Waals surface area contributed by atoms with Crippen molar-refractivity contribution in [3.63, 3.8) is 0 Å². The van der Waals surface area contributed by atoms with Gasteiger partial charge >= 0.3 is 0 Å². The van der Waals surface area contributed by atoms with Crippen molar-refractivity contribution in [3.8, 4) is 0 Å². The average Bonchev–Trinajstić information content (AvgIpc) is 2.85. The average molecular weight is 384 g/mol. The number of nitrogens with zero attached hydrogens (tertiary/aromatic N) is 1. The van der Waals surface area contributed by atoms with E-state index in [9.17, 15) is 8.78 Å². The molecule has 0 aliphatic carbocycles. The highest BCUT2D eigenvalue weighted by Crippen LogP contribution is 2.43. The zero-order valence-electron chi connectivity index (χ0n) is 16.4. The first-order chi connectivity index (χ1) is 13.5. The summed E-state index contributed by atoms with van der Waals surface area (Å²) in [5, 5.41) is 0. The predicted molar refractivity (Wildman–Crippen MR) is 107 cm³/mol. The summed E-state index contributed by atoms with van der Waals surface area (Å²) < 4.78 is 34.5. The van der Waals surface area contributed by atoms with Crippen molar-refractivity contribution in [1.82, 2.24) is 0 Å². The van der Waals surface area contributed by atoms with Gasteiger partial charge in [-0.1, -0.05) is 30.8 Å². The first-order valence-corrected chi connectivity index (χ1v) is 10.1. The number of benzene rings is 2. The minimum atomic E-state index is -0.318. The Morgan fingerprint density at radius 2 is 1.43 bits per heavy atom. The molecule has 2 aliphatic rings. The smallest absolute Gasteiger partial charge is 0.123 e. The summed E-state index contributed by atoms with van der Waals surface area (Å²) in [4.78, 5) is 0. The fourth-order valence-electron chi connectivity index (χ4n) is 5.20. The van der Waals surface area contributed by atoms with E-state index in [2.05, 4.69) is 13.6 Å². The summed E-state index contributed by atoms with van der Waals surface area (Å²) in [6.07, 6.45) is 6.35. The van der Waals surface area contributed by atoms with Crippen LogP contribution in [-0.4, -0.2) is 36.3 Å². The molecule has 0 N–H and O–H groups in total. The SMILES string of the molecule is C=CC[N+]1(C)C2CCC1CC(OC(c1ccc(F)cc1)c1ccc(F)cc1)C2. The number of likely N-dealkylation sites (N-methyl/N-ethyl adjacent to an activating group) is 1. The third-order valence-corrected chi connectivity index (χ3v) is 6.77. The molecule has 0 amide bonds. The number of ether oxygens (including phenoxy) is 1. The Kier molecular flexibility index (Phi) is 5.35. The van der Waals surface area contributed by atoms with E-state index >= 15 is 0 Å². The molecular formula is C24H28F2NO+. The quantitative estimate of drug-likeness (QED) is 0.479. The van der Waals surface area contributed by atoms with Gasteiger partial charge in [-0.05, 0) is 41.5 Å². The van der Waals surface area contributed by atoms with Gasteiger partial charge in [0, 0.05) is 25.7 Å². The molecule has 0 radical (unpaired) electrons. The maximum absolute atomic E-state index is 13.4. The highest BCUT2D eigenvalue weighted by atomic mass is 19.1. The van der Waals surface area contributed by atoms with Crippen molar-refractivity contribution in [2.75, 3.05) is 13.6 Å². The number of hydrogen-bond donors (Lipinski definition) is 0. The van der Waals surface area contributed by atoms with Crippen LogP contribution in [0.5, 0.6) is 0 Å². The van der Waals surface area contributed by atoms with Crippen LogP contribution in [0.15, 0.2) is 61.2 Å². The molecule has 2 saturated heterocycles. The lowest BCUT2D eigenvalue weighted by molar-refractivity contribution is -0.944. The Bertz CT molecular complexity index is 758. The van der Waals surface area contributed by atoms with Gasteiger partial charge in [-0.2, -0.15) is 0 Å². The van der Waals surface area contributed by atoms with Crippen LogP contribution in [-0.2, 0) is 4.74 Å². The number of rotatable bonds is 6. The number of fused-ring (bicyclic) bond motifs is 2. The Morgan fingerprint density at radius 1 is 0.964 bits per heavy atom. The molecule has 2 aliphatic heterocycles. The molecule has 2 aromatic rings. The van der Waals surface area contributed by atoms with Crippen molar-refractivity contribution in [3.05, 3.63) is 83.9 Å². The van der Waals surface area contributed by atoms with Gasteiger partial charge in [-0.3, -0.25) is 0 Å². The van der Waals surface area contributed by atoms with Crippen LogP contribution >= 0.6 is 0 Å². The summed E-state index contributed by atoms with van der Waals surface area (Å²) in [5.41, 5.74) is 1.79. The minimum Gasteiger partial charge on any atom is -0.365 e. The second kappa shape index (κ2) is 7.76. The first-order valence-electron chi connectivity index (χ1n) is 10.1. The van der Waals surface area contributed by atoms with Crippen molar-refractivity contribution in [2.45, 2.75) is 50.0 Å². The standard InChI is InChI=1S/C24H28F2NO/c1-3-14-27(2)21-12-13-22(27)16-23(15-21)28-24(17-4-8-19(25)9-5-17)18-6-10-20(26)11-7-18/h3-11,21-24H,1,12-16H2,2H3/q+1. The molecule has 2 aromatic carbocycles. The van der Waals surface area contributed by atoms with Gasteiger partial charge in [-0.25, -0.2) is 8.78 Å². The zero-order chi connectivity index (χ0) is 19.7. The molecule has 148 valence electrons. The van der Waals surface area contributed by atoms with Crippen molar-refractivity contribution < 1.29 is 18.0 Å². The molecule has 2 nitrogen and oxygen atoms in total. The molecule has 2 atom stereocenters. The molecule has 0 aromatic heterocycles. The molecule has 4 rings (SSSR count). The van der Waals surface area contributed by atoms with Crippen LogP contribution in [0.4, 0.5) is 8.78 Å².